The van der Waals surface area contributed by atoms with E-state index in [1.54, 1.807) is 42.5 Å². The molecule has 0 saturated heterocycles. The molecule has 0 aliphatic rings. The molecule has 0 atom stereocenters. The Morgan fingerprint density at radius 1 is 0.632 bits per heavy atom. The summed E-state index contributed by atoms with van der Waals surface area (Å²) in [5.74, 6) is -2.98. The number of rotatable bonds is 8. The van der Waals surface area contributed by atoms with Gasteiger partial charge in [-0.15, -0.1) is 34.0 Å². The maximum absolute atomic E-state index is 11.8. The van der Waals surface area contributed by atoms with Crippen LogP contribution in [0, 0.1) is 6.92 Å². The summed E-state index contributed by atoms with van der Waals surface area (Å²) in [7, 11) is 0. The van der Waals surface area contributed by atoms with Gasteiger partial charge in [-0.2, -0.15) is 0 Å². The van der Waals surface area contributed by atoms with E-state index in [-0.39, 0.29) is 17.5 Å². The summed E-state index contributed by atoms with van der Waals surface area (Å²) in [6, 6.07) is 21.3. The Bertz CT molecular complexity index is 1700. The van der Waals surface area contributed by atoms with Gasteiger partial charge in [0.15, 0.2) is 0 Å². The molecular weight excluding hydrogens is 541 g/mol. The van der Waals surface area contributed by atoms with Crippen molar-refractivity contribution in [2.24, 2.45) is 0 Å². The van der Waals surface area contributed by atoms with Gasteiger partial charge in [0.05, 0.1) is 17.5 Å². The van der Waals surface area contributed by atoms with Crippen molar-refractivity contribution in [3.63, 3.8) is 0 Å². The molecule has 3 N–H and O–H groups in total. The molecule has 5 aromatic rings. The van der Waals surface area contributed by atoms with E-state index < -0.39 is 17.9 Å². The van der Waals surface area contributed by atoms with Crippen LogP contribution >= 0.6 is 34.0 Å². The Balaban J connectivity index is 1.56. The maximum Gasteiger partial charge on any atom is 0.336 e. The first-order valence-corrected chi connectivity index (χ1v) is 13.9. The van der Waals surface area contributed by atoms with Crippen molar-refractivity contribution in [2.45, 2.75) is 13.3 Å². The third-order valence-electron chi connectivity index (χ3n) is 5.97. The molecule has 0 amide bonds. The number of thiophene rings is 3. The van der Waals surface area contributed by atoms with Crippen LogP contribution in [0.25, 0.3) is 40.4 Å². The summed E-state index contributed by atoms with van der Waals surface area (Å²) >= 11 is 4.43. The highest BCUT2D eigenvalue weighted by molar-refractivity contribution is 7.28. The molecule has 0 aliphatic heterocycles. The largest absolute Gasteiger partial charge is 0.481 e. The van der Waals surface area contributed by atoms with Crippen molar-refractivity contribution in [1.82, 2.24) is 0 Å². The lowest BCUT2D eigenvalue weighted by Crippen LogP contribution is -2.00. The standard InChI is InChI=1S/C29H20O6S3/c1-15-12-23(17-6-2-4-8-19(17)28(32)33)37-26(15)21-10-11-22(36-21)27-16(14-25(30)31)13-24(38-27)18-7-3-5-9-20(18)29(34)35/h2-13H,14H2,1H3,(H,30,31)(H,32,33)(H,34,35). The van der Waals surface area contributed by atoms with Crippen LogP contribution in [0.4, 0.5) is 0 Å². The normalized spacial score (nSPS) is 11.0. The van der Waals surface area contributed by atoms with E-state index in [2.05, 4.69) is 0 Å². The molecule has 9 heteroatoms. The molecule has 0 spiro atoms. The highest BCUT2D eigenvalue weighted by Gasteiger charge is 2.21. The van der Waals surface area contributed by atoms with Crippen molar-refractivity contribution in [3.8, 4) is 40.4 Å². The summed E-state index contributed by atoms with van der Waals surface area (Å²) in [6.07, 6.45) is -0.178. The smallest absolute Gasteiger partial charge is 0.336 e. The molecule has 0 unspecified atom stereocenters. The number of benzene rings is 2. The van der Waals surface area contributed by atoms with Crippen molar-refractivity contribution in [1.29, 1.82) is 0 Å². The predicted molar refractivity (Wildman–Crippen MR) is 152 cm³/mol. The highest BCUT2D eigenvalue weighted by atomic mass is 32.1. The molecule has 2 aromatic carbocycles. The highest BCUT2D eigenvalue weighted by Crippen LogP contribution is 2.47. The summed E-state index contributed by atoms with van der Waals surface area (Å²) in [6.45, 7) is 1.99. The Labute approximate surface area is 229 Å². The van der Waals surface area contributed by atoms with Gasteiger partial charge in [0, 0.05) is 40.4 Å². The van der Waals surface area contributed by atoms with Crippen LogP contribution in [-0.4, -0.2) is 33.2 Å². The van der Waals surface area contributed by atoms with Crippen molar-refractivity contribution >= 4 is 51.9 Å². The van der Waals surface area contributed by atoms with Crippen LogP contribution in [0.15, 0.2) is 72.8 Å². The third kappa shape index (κ3) is 4.91. The SMILES string of the molecule is Cc1cc(-c2ccccc2C(=O)O)sc1-c1ccc(-c2sc(-c3ccccc3C(=O)O)cc2CC(=O)O)s1. The van der Waals surface area contributed by atoms with E-state index in [4.69, 9.17) is 0 Å². The van der Waals surface area contributed by atoms with Crippen molar-refractivity contribution in [3.05, 3.63) is 95.1 Å². The zero-order chi connectivity index (χ0) is 27.0. The van der Waals surface area contributed by atoms with E-state index in [0.717, 1.165) is 29.9 Å². The van der Waals surface area contributed by atoms with Gasteiger partial charge in [-0.3, -0.25) is 4.79 Å². The fraction of sp³-hybridized carbons (Fsp3) is 0.0690. The molecule has 0 fully saturated rings. The molecule has 0 bridgehead atoms. The minimum atomic E-state index is -1.04. The van der Waals surface area contributed by atoms with E-state index >= 15 is 0 Å². The molecule has 5 rings (SSSR count). The number of carboxylic acids is 3. The summed E-state index contributed by atoms with van der Waals surface area (Å²) in [5, 5.41) is 28.8. The molecule has 0 saturated carbocycles. The Morgan fingerprint density at radius 3 is 1.68 bits per heavy atom. The lowest BCUT2D eigenvalue weighted by molar-refractivity contribution is -0.136. The van der Waals surface area contributed by atoms with Gasteiger partial charge in [-0.05, 0) is 54.4 Å². The predicted octanol–water partition coefficient (Wildman–Crippen LogP) is 7.87. The fourth-order valence-corrected chi connectivity index (χ4v) is 8.03. The number of hydrogen-bond acceptors (Lipinski definition) is 6. The number of hydrogen-bond donors (Lipinski definition) is 3. The minimum Gasteiger partial charge on any atom is -0.481 e. The van der Waals surface area contributed by atoms with E-state index in [1.165, 1.54) is 40.1 Å². The van der Waals surface area contributed by atoms with Gasteiger partial charge < -0.3 is 15.3 Å². The first-order chi connectivity index (χ1) is 18.2. The summed E-state index contributed by atoms with van der Waals surface area (Å²) in [5.41, 5.74) is 3.28. The molecule has 6 nitrogen and oxygen atoms in total. The Hall–Kier alpha value is -4.05. The second-order valence-corrected chi connectivity index (χ2v) is 11.7. The van der Waals surface area contributed by atoms with Crippen molar-refractivity contribution < 1.29 is 29.7 Å². The molecule has 0 aliphatic carbocycles. The number of aliphatic carboxylic acids is 1. The zero-order valence-electron chi connectivity index (χ0n) is 19.9. The van der Waals surface area contributed by atoms with Crippen LogP contribution in [-0.2, 0) is 11.2 Å². The van der Waals surface area contributed by atoms with E-state index in [9.17, 15) is 29.7 Å². The first kappa shape index (κ1) is 25.6. The summed E-state index contributed by atoms with van der Waals surface area (Å²) in [4.78, 5) is 40.4. The van der Waals surface area contributed by atoms with E-state index in [0.29, 0.717) is 21.6 Å². The average molecular weight is 561 g/mol. The summed E-state index contributed by atoms with van der Waals surface area (Å²) < 4.78 is 0. The molecule has 3 heterocycles. The monoisotopic (exact) mass is 560 g/mol. The third-order valence-corrected chi connectivity index (χ3v) is 9.89. The van der Waals surface area contributed by atoms with Gasteiger partial charge >= 0.3 is 17.9 Å². The Kier molecular flexibility index (Phi) is 6.98. The molecule has 3 aromatic heterocycles. The minimum absolute atomic E-state index is 0.164. The second-order valence-electron chi connectivity index (χ2n) is 8.52. The number of carboxylic acid groups (broad SMARTS) is 3. The molecular formula is C29H20O6S3. The number of carbonyl (C=O) groups is 3. The second kappa shape index (κ2) is 10.4. The van der Waals surface area contributed by atoms with Gasteiger partial charge in [-0.1, -0.05) is 36.4 Å². The van der Waals surface area contributed by atoms with Gasteiger partial charge in [0.1, 0.15) is 0 Å². The van der Waals surface area contributed by atoms with Crippen LogP contribution in [0.3, 0.4) is 0 Å². The zero-order valence-corrected chi connectivity index (χ0v) is 22.4. The van der Waals surface area contributed by atoms with E-state index in [1.807, 2.05) is 31.2 Å². The van der Waals surface area contributed by atoms with Crippen LogP contribution in [0.1, 0.15) is 31.8 Å². The quantitative estimate of drug-likeness (QED) is 0.178. The van der Waals surface area contributed by atoms with Crippen LogP contribution in [0.5, 0.6) is 0 Å². The maximum atomic E-state index is 11.8. The van der Waals surface area contributed by atoms with Crippen LogP contribution in [0.2, 0.25) is 0 Å². The average Bonchev–Trinajstić information content (AvgIpc) is 3.62. The number of aromatic carboxylic acids is 2. The fourth-order valence-electron chi connectivity index (χ4n) is 4.27. The molecule has 0 radical (unpaired) electrons. The lowest BCUT2D eigenvalue weighted by Gasteiger charge is -2.02. The van der Waals surface area contributed by atoms with Crippen LogP contribution < -0.4 is 0 Å². The van der Waals surface area contributed by atoms with Gasteiger partial charge in [-0.25, -0.2) is 9.59 Å². The first-order valence-electron chi connectivity index (χ1n) is 11.4. The molecule has 38 heavy (non-hydrogen) atoms. The van der Waals surface area contributed by atoms with Crippen molar-refractivity contribution in [2.75, 3.05) is 0 Å². The van der Waals surface area contributed by atoms with Gasteiger partial charge in [0.2, 0.25) is 0 Å². The Morgan fingerprint density at radius 2 is 1.13 bits per heavy atom. The number of aryl methyl sites for hydroxylation is 1. The topological polar surface area (TPSA) is 112 Å². The molecule has 190 valence electrons. The van der Waals surface area contributed by atoms with Gasteiger partial charge in [0.25, 0.3) is 0 Å². The lowest BCUT2D eigenvalue weighted by atomic mass is 10.0.